The number of rotatable bonds is 6. The van der Waals surface area contributed by atoms with Crippen molar-refractivity contribution in [1.82, 2.24) is 0 Å². The van der Waals surface area contributed by atoms with Crippen LogP contribution in [0, 0.1) is 6.92 Å². The fourth-order valence-electron chi connectivity index (χ4n) is 3.32. The van der Waals surface area contributed by atoms with Crippen LogP contribution in [0.4, 0.5) is 11.4 Å². The Bertz CT molecular complexity index is 1060. The summed E-state index contributed by atoms with van der Waals surface area (Å²) in [6.07, 6.45) is 1.86. The molecule has 0 unspecified atom stereocenters. The van der Waals surface area contributed by atoms with Crippen molar-refractivity contribution in [2.24, 2.45) is 4.99 Å². The number of aliphatic imine (C=N–C) groups is 1. The SMILES string of the molecule is CC(=O)Nc1ccc(N=Cc2cc(C)cc(C(C)(C)C)c2OCc2ccccc2)cc1. The number of nitrogens with one attached hydrogen (secondary N) is 1. The Labute approximate surface area is 185 Å². The summed E-state index contributed by atoms with van der Waals surface area (Å²) in [7, 11) is 0. The Morgan fingerprint density at radius 3 is 2.32 bits per heavy atom. The number of amides is 1. The third kappa shape index (κ3) is 6.29. The van der Waals surface area contributed by atoms with E-state index in [0.29, 0.717) is 6.61 Å². The highest BCUT2D eigenvalue weighted by atomic mass is 16.5. The van der Waals surface area contributed by atoms with Gasteiger partial charge in [-0.15, -0.1) is 0 Å². The Morgan fingerprint density at radius 2 is 1.71 bits per heavy atom. The molecule has 4 heteroatoms. The number of benzene rings is 3. The number of hydrogen-bond donors (Lipinski definition) is 1. The predicted octanol–water partition coefficient (Wildman–Crippen LogP) is 6.58. The third-order valence-electron chi connectivity index (χ3n) is 4.84. The van der Waals surface area contributed by atoms with Crippen LogP contribution in [0.2, 0.25) is 0 Å². The normalized spacial score (nSPS) is 11.5. The quantitative estimate of drug-likeness (QED) is 0.463. The molecular formula is C27H30N2O2. The molecule has 160 valence electrons. The molecule has 31 heavy (non-hydrogen) atoms. The van der Waals surface area contributed by atoms with Gasteiger partial charge in [-0.2, -0.15) is 0 Å². The highest BCUT2D eigenvalue weighted by Gasteiger charge is 2.22. The van der Waals surface area contributed by atoms with Crippen molar-refractivity contribution >= 4 is 23.5 Å². The molecular weight excluding hydrogens is 384 g/mol. The van der Waals surface area contributed by atoms with E-state index in [0.717, 1.165) is 33.8 Å². The largest absolute Gasteiger partial charge is 0.488 e. The highest BCUT2D eigenvalue weighted by molar-refractivity contribution is 5.89. The summed E-state index contributed by atoms with van der Waals surface area (Å²) in [6.45, 7) is 10.7. The lowest BCUT2D eigenvalue weighted by atomic mass is 9.84. The molecule has 4 nitrogen and oxygen atoms in total. The molecule has 0 fully saturated rings. The van der Waals surface area contributed by atoms with Gasteiger partial charge in [0.05, 0.1) is 5.69 Å². The first-order valence-electron chi connectivity index (χ1n) is 10.5. The number of nitrogens with zero attached hydrogens (tertiary/aromatic N) is 1. The van der Waals surface area contributed by atoms with E-state index in [4.69, 9.17) is 4.74 Å². The lowest BCUT2D eigenvalue weighted by Crippen LogP contribution is -2.15. The number of aryl methyl sites for hydroxylation is 1. The highest BCUT2D eigenvalue weighted by Crippen LogP contribution is 2.35. The van der Waals surface area contributed by atoms with Crippen LogP contribution in [0.15, 0.2) is 71.7 Å². The van der Waals surface area contributed by atoms with E-state index in [9.17, 15) is 4.79 Å². The zero-order valence-corrected chi connectivity index (χ0v) is 18.9. The summed E-state index contributed by atoms with van der Waals surface area (Å²) in [5.74, 6) is 0.770. The Kier molecular flexibility index (Phi) is 6.91. The Hall–Kier alpha value is -3.40. The molecule has 0 atom stereocenters. The number of hydrogen-bond acceptors (Lipinski definition) is 3. The van der Waals surface area contributed by atoms with Gasteiger partial charge in [0.15, 0.2) is 0 Å². The van der Waals surface area contributed by atoms with Crippen molar-refractivity contribution in [2.75, 3.05) is 5.32 Å². The molecule has 0 aliphatic rings. The van der Waals surface area contributed by atoms with Crippen LogP contribution < -0.4 is 10.1 Å². The van der Waals surface area contributed by atoms with Crippen LogP contribution in [0.3, 0.4) is 0 Å². The van der Waals surface area contributed by atoms with Crippen LogP contribution in [0.25, 0.3) is 0 Å². The van der Waals surface area contributed by atoms with Crippen molar-refractivity contribution in [3.8, 4) is 5.75 Å². The first-order chi connectivity index (χ1) is 14.7. The molecule has 0 radical (unpaired) electrons. The average Bonchev–Trinajstić information content (AvgIpc) is 2.71. The van der Waals surface area contributed by atoms with E-state index >= 15 is 0 Å². The third-order valence-corrected chi connectivity index (χ3v) is 4.84. The summed E-state index contributed by atoms with van der Waals surface area (Å²) in [6, 6.07) is 21.9. The summed E-state index contributed by atoms with van der Waals surface area (Å²) in [5, 5.41) is 2.77. The zero-order chi connectivity index (χ0) is 22.4. The lowest BCUT2D eigenvalue weighted by molar-refractivity contribution is -0.114. The van der Waals surface area contributed by atoms with E-state index < -0.39 is 0 Å². The molecule has 3 aromatic carbocycles. The maximum Gasteiger partial charge on any atom is 0.221 e. The van der Waals surface area contributed by atoms with Gasteiger partial charge < -0.3 is 10.1 Å². The first kappa shape index (κ1) is 22.3. The molecule has 0 aliphatic carbocycles. The maximum atomic E-state index is 11.2. The van der Waals surface area contributed by atoms with Crippen LogP contribution in [-0.4, -0.2) is 12.1 Å². The monoisotopic (exact) mass is 414 g/mol. The smallest absolute Gasteiger partial charge is 0.221 e. The van der Waals surface area contributed by atoms with Gasteiger partial charge in [-0.1, -0.05) is 57.2 Å². The molecule has 0 saturated carbocycles. The molecule has 0 bridgehead atoms. The standard InChI is InChI=1S/C27H30N2O2/c1-19-15-22(17-28-23-11-13-24(14-12-23)29-20(2)30)26(25(16-19)27(3,4)5)31-18-21-9-7-6-8-10-21/h6-17H,18H2,1-5H3,(H,29,30). The van der Waals surface area contributed by atoms with E-state index in [2.05, 4.69) is 62.3 Å². The van der Waals surface area contributed by atoms with Crippen molar-refractivity contribution in [3.05, 3.63) is 89.0 Å². The molecule has 1 N–H and O–H groups in total. The predicted molar refractivity (Wildman–Crippen MR) is 129 cm³/mol. The van der Waals surface area contributed by atoms with Crippen molar-refractivity contribution in [3.63, 3.8) is 0 Å². The molecule has 0 heterocycles. The summed E-state index contributed by atoms with van der Waals surface area (Å²) < 4.78 is 6.35. The topological polar surface area (TPSA) is 50.7 Å². The van der Waals surface area contributed by atoms with E-state index in [1.165, 1.54) is 12.5 Å². The molecule has 3 rings (SSSR count). The maximum absolute atomic E-state index is 11.2. The molecule has 0 spiro atoms. The number of carbonyl (C=O) groups is 1. The molecule has 0 aliphatic heterocycles. The second kappa shape index (κ2) is 9.61. The first-order valence-corrected chi connectivity index (χ1v) is 10.5. The van der Waals surface area contributed by atoms with Gasteiger partial charge in [-0.05, 0) is 53.8 Å². The molecule has 1 amide bonds. The number of ether oxygens (including phenoxy) is 1. The van der Waals surface area contributed by atoms with Gasteiger partial charge >= 0.3 is 0 Å². The zero-order valence-electron chi connectivity index (χ0n) is 18.9. The summed E-state index contributed by atoms with van der Waals surface area (Å²) >= 11 is 0. The average molecular weight is 415 g/mol. The van der Waals surface area contributed by atoms with Crippen LogP contribution in [-0.2, 0) is 16.8 Å². The Morgan fingerprint density at radius 1 is 1.03 bits per heavy atom. The van der Waals surface area contributed by atoms with Crippen LogP contribution in [0.1, 0.15) is 49.9 Å². The van der Waals surface area contributed by atoms with Crippen molar-refractivity contribution < 1.29 is 9.53 Å². The minimum Gasteiger partial charge on any atom is -0.488 e. The fourth-order valence-corrected chi connectivity index (χ4v) is 3.32. The molecule has 0 saturated heterocycles. The van der Waals surface area contributed by atoms with Crippen molar-refractivity contribution in [1.29, 1.82) is 0 Å². The van der Waals surface area contributed by atoms with Gasteiger partial charge in [-0.25, -0.2) is 0 Å². The van der Waals surface area contributed by atoms with Gasteiger partial charge in [0, 0.05) is 30.0 Å². The lowest BCUT2D eigenvalue weighted by Gasteiger charge is -2.25. The molecule has 0 aromatic heterocycles. The van der Waals surface area contributed by atoms with Gasteiger partial charge in [0.2, 0.25) is 5.91 Å². The summed E-state index contributed by atoms with van der Waals surface area (Å²) in [5.41, 5.74) is 5.89. The number of carbonyl (C=O) groups excluding carboxylic acids is 1. The van der Waals surface area contributed by atoms with Crippen LogP contribution in [0.5, 0.6) is 5.75 Å². The summed E-state index contributed by atoms with van der Waals surface area (Å²) in [4.78, 5) is 15.9. The van der Waals surface area contributed by atoms with E-state index in [-0.39, 0.29) is 11.3 Å². The number of anilines is 1. The van der Waals surface area contributed by atoms with Gasteiger partial charge in [0.25, 0.3) is 0 Å². The second-order valence-corrected chi connectivity index (χ2v) is 8.74. The van der Waals surface area contributed by atoms with Gasteiger partial charge in [0.1, 0.15) is 12.4 Å². The minimum atomic E-state index is -0.0917. The van der Waals surface area contributed by atoms with Gasteiger partial charge in [-0.3, -0.25) is 9.79 Å². The van der Waals surface area contributed by atoms with Crippen molar-refractivity contribution in [2.45, 2.75) is 46.6 Å². The second-order valence-electron chi connectivity index (χ2n) is 8.74. The van der Waals surface area contributed by atoms with E-state index in [1.54, 1.807) is 0 Å². The minimum absolute atomic E-state index is 0.0688. The fraction of sp³-hybridized carbons (Fsp3) is 0.259. The molecule has 3 aromatic rings. The van der Waals surface area contributed by atoms with E-state index in [1.807, 2.05) is 48.7 Å². The Balaban J connectivity index is 1.93. The van der Waals surface area contributed by atoms with Crippen LogP contribution >= 0.6 is 0 Å².